The van der Waals surface area contributed by atoms with E-state index < -0.39 is 47.1 Å². The fraction of sp³-hybridized carbons (Fsp3) is 0.235. The second kappa shape index (κ2) is 9.79. The normalized spacial score (nSPS) is 12.2. The second-order valence-corrected chi connectivity index (χ2v) is 8.12. The monoisotopic (exact) mass is 503 g/mol. The standard InChI is InChI=1S/C17H15F6N3O4S2/c18-16(19,20)8-29-12-5-11(6-13(7-12)30-9-17(21,22)23)26-15(31)25-10-1-3-14(4-2-10)32(24,27)28/h1-7H,8-9H2,(H2,24,27,28)(H2,25,26,31). The van der Waals surface area contributed by atoms with Crippen molar-refractivity contribution in [3.8, 4) is 11.5 Å². The number of rotatable bonds is 7. The Hall–Kier alpha value is -2.78. The number of nitrogens with two attached hydrogens (primary N) is 1. The Bertz CT molecular complexity index is 1020. The summed E-state index contributed by atoms with van der Waals surface area (Å²) in [7, 11) is -3.90. The van der Waals surface area contributed by atoms with Gasteiger partial charge in [0, 0.05) is 29.6 Å². The van der Waals surface area contributed by atoms with E-state index in [2.05, 4.69) is 20.1 Å². The first-order chi connectivity index (χ1) is 14.6. The van der Waals surface area contributed by atoms with Crippen LogP contribution in [0.3, 0.4) is 0 Å². The van der Waals surface area contributed by atoms with Gasteiger partial charge in [0.1, 0.15) is 11.5 Å². The summed E-state index contributed by atoms with van der Waals surface area (Å²) in [5.41, 5.74) is 0.299. The molecule has 2 rings (SSSR count). The van der Waals surface area contributed by atoms with Gasteiger partial charge in [0.15, 0.2) is 18.3 Å². The Morgan fingerprint density at radius 1 is 0.844 bits per heavy atom. The quantitative estimate of drug-likeness (QED) is 0.387. The van der Waals surface area contributed by atoms with Crippen molar-refractivity contribution >= 4 is 38.7 Å². The zero-order valence-corrected chi connectivity index (χ0v) is 17.4. The lowest BCUT2D eigenvalue weighted by atomic mass is 10.2. The number of sulfonamides is 1. The van der Waals surface area contributed by atoms with Crippen LogP contribution in [0.1, 0.15) is 0 Å². The highest BCUT2D eigenvalue weighted by atomic mass is 32.2. The topological polar surface area (TPSA) is 103 Å². The fourth-order valence-electron chi connectivity index (χ4n) is 2.16. The van der Waals surface area contributed by atoms with Crippen LogP contribution in [0.2, 0.25) is 0 Å². The Morgan fingerprint density at radius 3 is 1.69 bits per heavy atom. The molecule has 0 bridgehead atoms. The molecular weight excluding hydrogens is 488 g/mol. The second-order valence-electron chi connectivity index (χ2n) is 6.15. The van der Waals surface area contributed by atoms with Crippen LogP contribution in [-0.2, 0) is 10.0 Å². The molecule has 0 aliphatic carbocycles. The third kappa shape index (κ3) is 9.15. The van der Waals surface area contributed by atoms with Gasteiger partial charge < -0.3 is 20.1 Å². The minimum Gasteiger partial charge on any atom is -0.484 e. The van der Waals surface area contributed by atoms with Crippen LogP contribution in [0, 0.1) is 0 Å². The molecule has 0 fully saturated rings. The number of primary sulfonamides is 1. The van der Waals surface area contributed by atoms with Crippen molar-refractivity contribution in [3.05, 3.63) is 42.5 Å². The molecule has 0 saturated carbocycles. The Balaban J connectivity index is 2.15. The molecule has 0 unspecified atom stereocenters. The van der Waals surface area contributed by atoms with Crippen LogP contribution in [0.15, 0.2) is 47.4 Å². The number of thiocarbonyl (C=S) groups is 1. The molecule has 2 aromatic rings. The van der Waals surface area contributed by atoms with Crippen molar-refractivity contribution in [2.45, 2.75) is 17.2 Å². The predicted octanol–water partition coefficient (Wildman–Crippen LogP) is 4.03. The van der Waals surface area contributed by atoms with Gasteiger partial charge in [0.25, 0.3) is 0 Å². The minimum absolute atomic E-state index is 0.0273. The average molecular weight is 503 g/mol. The maximum atomic E-state index is 12.4. The highest BCUT2D eigenvalue weighted by Gasteiger charge is 2.30. The molecule has 0 saturated heterocycles. The van der Waals surface area contributed by atoms with E-state index in [1.807, 2.05) is 0 Å². The van der Waals surface area contributed by atoms with Crippen molar-refractivity contribution in [1.82, 2.24) is 0 Å². The van der Waals surface area contributed by atoms with Gasteiger partial charge >= 0.3 is 12.4 Å². The molecule has 0 atom stereocenters. The van der Waals surface area contributed by atoms with Crippen LogP contribution in [-0.4, -0.2) is 39.1 Å². The highest BCUT2D eigenvalue weighted by Crippen LogP contribution is 2.29. The van der Waals surface area contributed by atoms with Gasteiger partial charge in [0.2, 0.25) is 10.0 Å². The molecule has 32 heavy (non-hydrogen) atoms. The number of hydrogen-bond acceptors (Lipinski definition) is 5. The average Bonchev–Trinajstić information content (AvgIpc) is 2.63. The number of benzene rings is 2. The van der Waals surface area contributed by atoms with Crippen molar-refractivity contribution in [2.24, 2.45) is 5.14 Å². The lowest BCUT2D eigenvalue weighted by molar-refractivity contribution is -0.153. The summed E-state index contributed by atoms with van der Waals surface area (Å²) in [6.45, 7) is -3.34. The molecular formula is C17H15F6N3O4S2. The van der Waals surface area contributed by atoms with Crippen LogP contribution < -0.4 is 25.2 Å². The van der Waals surface area contributed by atoms with Crippen molar-refractivity contribution < 1.29 is 44.2 Å². The van der Waals surface area contributed by atoms with E-state index in [0.717, 1.165) is 18.2 Å². The molecule has 0 amide bonds. The van der Waals surface area contributed by atoms with E-state index in [1.54, 1.807) is 0 Å². The largest absolute Gasteiger partial charge is 0.484 e. The molecule has 0 aromatic heterocycles. The zero-order chi connectivity index (χ0) is 24.2. The molecule has 0 radical (unpaired) electrons. The summed E-state index contributed by atoms with van der Waals surface area (Å²) in [5, 5.41) is 10.1. The van der Waals surface area contributed by atoms with Gasteiger partial charge in [-0.3, -0.25) is 0 Å². The Labute approximate surface area is 183 Å². The summed E-state index contributed by atoms with van der Waals surface area (Å²) in [4.78, 5) is -0.150. The van der Waals surface area contributed by atoms with Crippen LogP contribution >= 0.6 is 12.2 Å². The highest BCUT2D eigenvalue weighted by molar-refractivity contribution is 7.89. The smallest absolute Gasteiger partial charge is 0.422 e. The summed E-state index contributed by atoms with van der Waals surface area (Å²) >= 11 is 5.05. The van der Waals surface area contributed by atoms with E-state index in [-0.39, 0.29) is 15.7 Å². The SMILES string of the molecule is NS(=O)(=O)c1ccc(NC(=S)Nc2cc(OCC(F)(F)F)cc(OCC(F)(F)F)c2)cc1. The number of anilines is 2. The van der Waals surface area contributed by atoms with Crippen LogP contribution in [0.5, 0.6) is 11.5 Å². The summed E-state index contributed by atoms with van der Waals surface area (Å²) in [6, 6.07) is 8.10. The van der Waals surface area contributed by atoms with Crippen LogP contribution in [0.25, 0.3) is 0 Å². The maximum Gasteiger partial charge on any atom is 0.422 e. The number of alkyl halides is 6. The van der Waals surface area contributed by atoms with Gasteiger partial charge in [-0.25, -0.2) is 13.6 Å². The predicted molar refractivity (Wildman–Crippen MR) is 107 cm³/mol. The number of nitrogens with one attached hydrogen (secondary N) is 2. The molecule has 0 spiro atoms. The lowest BCUT2D eigenvalue weighted by Crippen LogP contribution is -2.21. The van der Waals surface area contributed by atoms with E-state index in [9.17, 15) is 34.8 Å². The number of hydrogen-bond donors (Lipinski definition) is 3. The van der Waals surface area contributed by atoms with Gasteiger partial charge in [-0.15, -0.1) is 0 Å². The number of halogens is 6. The van der Waals surface area contributed by atoms with E-state index in [4.69, 9.17) is 17.4 Å². The lowest BCUT2D eigenvalue weighted by Gasteiger charge is -2.16. The first kappa shape index (κ1) is 25.5. The van der Waals surface area contributed by atoms with Gasteiger partial charge in [-0.05, 0) is 36.5 Å². The Kier molecular flexibility index (Phi) is 7.79. The zero-order valence-electron chi connectivity index (χ0n) is 15.8. The van der Waals surface area contributed by atoms with Gasteiger partial charge in [-0.1, -0.05) is 0 Å². The van der Waals surface area contributed by atoms with Crippen molar-refractivity contribution in [2.75, 3.05) is 23.8 Å². The summed E-state index contributed by atoms with van der Waals surface area (Å²) < 4.78 is 106. The Morgan fingerprint density at radius 2 is 1.28 bits per heavy atom. The van der Waals surface area contributed by atoms with Gasteiger partial charge in [0.05, 0.1) is 4.90 Å². The van der Waals surface area contributed by atoms with Crippen LogP contribution in [0.4, 0.5) is 37.7 Å². The van der Waals surface area contributed by atoms with E-state index in [0.29, 0.717) is 5.69 Å². The molecule has 2 aromatic carbocycles. The first-order valence-corrected chi connectivity index (χ1v) is 10.3. The van der Waals surface area contributed by atoms with Gasteiger partial charge in [-0.2, -0.15) is 26.3 Å². The number of ether oxygens (including phenoxy) is 2. The minimum atomic E-state index is -4.67. The molecule has 15 heteroatoms. The molecule has 4 N–H and O–H groups in total. The van der Waals surface area contributed by atoms with E-state index >= 15 is 0 Å². The molecule has 7 nitrogen and oxygen atoms in total. The molecule has 0 heterocycles. The van der Waals surface area contributed by atoms with Crippen molar-refractivity contribution in [3.63, 3.8) is 0 Å². The molecule has 0 aliphatic rings. The third-order valence-corrected chi connectivity index (χ3v) is 4.52. The molecule has 176 valence electrons. The molecule has 0 aliphatic heterocycles. The third-order valence-electron chi connectivity index (χ3n) is 3.38. The van der Waals surface area contributed by atoms with E-state index in [1.165, 1.54) is 24.3 Å². The first-order valence-electron chi connectivity index (χ1n) is 8.36. The van der Waals surface area contributed by atoms with Crippen molar-refractivity contribution in [1.29, 1.82) is 0 Å². The summed E-state index contributed by atoms with van der Waals surface area (Å²) in [5.74, 6) is -0.824. The maximum absolute atomic E-state index is 12.4. The fourth-order valence-corrected chi connectivity index (χ4v) is 2.91. The summed E-state index contributed by atoms with van der Waals surface area (Å²) in [6.07, 6.45) is -9.34.